The number of phenols is 1. The summed E-state index contributed by atoms with van der Waals surface area (Å²) in [5.41, 5.74) is 9.26. The maximum Gasteiger partial charge on any atom is 0.123 e. The molecule has 1 saturated heterocycles. The van der Waals surface area contributed by atoms with Gasteiger partial charge in [-0.05, 0) is 143 Å². The summed E-state index contributed by atoms with van der Waals surface area (Å²) >= 11 is 0. The number of nitrogens with zero attached hydrogens (tertiary/aromatic N) is 1. The van der Waals surface area contributed by atoms with Crippen LogP contribution in [0.25, 0.3) is 21.9 Å². The van der Waals surface area contributed by atoms with Crippen molar-refractivity contribution in [3.63, 3.8) is 0 Å². The monoisotopic (exact) mass is 575 g/mol. The van der Waals surface area contributed by atoms with Crippen LogP contribution in [-0.2, 0) is 15.6 Å². The van der Waals surface area contributed by atoms with Crippen molar-refractivity contribution in [3.8, 4) is 16.9 Å². The largest absolute Gasteiger partial charge is 0.507 e. The van der Waals surface area contributed by atoms with Gasteiger partial charge in [-0.15, -0.1) is 0 Å². The molecule has 10 rings (SSSR count). The van der Waals surface area contributed by atoms with Gasteiger partial charge in [0.2, 0.25) is 0 Å². The molecule has 3 aromatic carbocycles. The van der Waals surface area contributed by atoms with Crippen molar-refractivity contribution >= 4 is 16.5 Å². The lowest BCUT2D eigenvalue weighted by Crippen LogP contribution is -2.49. The molecule has 1 heterocycles. The lowest BCUT2D eigenvalue weighted by molar-refractivity contribution is -0.00502. The third-order valence-electron chi connectivity index (χ3n) is 12.9. The number of rotatable bonds is 2. The number of benzene rings is 3. The number of hydrogen-bond acceptors (Lipinski definition) is 3. The molecule has 226 valence electrons. The van der Waals surface area contributed by atoms with Crippen LogP contribution < -0.4 is 4.90 Å². The van der Waals surface area contributed by atoms with E-state index >= 15 is 0 Å². The number of ether oxygens (including phenoxy) is 1. The molecule has 6 aliphatic carbocycles. The molecule has 5 saturated carbocycles. The van der Waals surface area contributed by atoms with E-state index in [2.05, 4.69) is 75.1 Å². The highest BCUT2D eigenvalue weighted by molar-refractivity contribution is 6.07. The maximum atomic E-state index is 12.1. The second-order valence-corrected chi connectivity index (χ2v) is 17.5. The Morgan fingerprint density at radius 2 is 1.35 bits per heavy atom. The van der Waals surface area contributed by atoms with Gasteiger partial charge in [-0.25, -0.2) is 0 Å². The lowest BCUT2D eigenvalue weighted by atomic mass is 9.47. The van der Waals surface area contributed by atoms with Gasteiger partial charge in [-0.3, -0.25) is 0 Å². The summed E-state index contributed by atoms with van der Waals surface area (Å²) in [7, 11) is 0. The van der Waals surface area contributed by atoms with Gasteiger partial charge in [-0.2, -0.15) is 0 Å². The van der Waals surface area contributed by atoms with Crippen LogP contribution in [0.1, 0.15) is 102 Å². The van der Waals surface area contributed by atoms with Crippen molar-refractivity contribution in [1.29, 1.82) is 0 Å². The second kappa shape index (κ2) is 8.81. The number of phenolic OH excluding ortho intramolecular Hbond substituents is 1. The van der Waals surface area contributed by atoms with E-state index in [1.807, 2.05) is 0 Å². The summed E-state index contributed by atoms with van der Waals surface area (Å²) in [6, 6.07) is 16.5. The zero-order valence-electron chi connectivity index (χ0n) is 26.8. The Bertz CT molecular complexity index is 1590. The first-order valence-electron chi connectivity index (χ1n) is 17.3. The Kier molecular flexibility index (Phi) is 5.50. The summed E-state index contributed by atoms with van der Waals surface area (Å²) in [6.07, 6.45) is 11.8. The standard InChI is InChI=1S/C40H49NO2/c1-37(2)22-38(3,4)24-40(23-37)31-8-6-5-7-28(31)36-30-17-34(41-9-11-43-12-10-41)32(16-29(30)35(42)18-33(36)40)39-19-25-13-26(20-39)15-27(14-25)21-39/h5-8,16-18,25-27,42H,9-15,19-24H2,1-4H3. The third-order valence-corrected chi connectivity index (χ3v) is 12.9. The van der Waals surface area contributed by atoms with Crippen molar-refractivity contribution in [3.05, 3.63) is 59.2 Å². The van der Waals surface area contributed by atoms with Gasteiger partial charge in [0.25, 0.3) is 0 Å². The van der Waals surface area contributed by atoms with Gasteiger partial charge < -0.3 is 14.7 Å². The van der Waals surface area contributed by atoms with Crippen LogP contribution in [0.5, 0.6) is 5.75 Å². The minimum absolute atomic E-state index is 0.0689. The van der Waals surface area contributed by atoms with Crippen molar-refractivity contribution in [2.75, 3.05) is 31.2 Å². The smallest absolute Gasteiger partial charge is 0.123 e. The second-order valence-electron chi connectivity index (χ2n) is 17.5. The summed E-state index contributed by atoms with van der Waals surface area (Å²) in [4.78, 5) is 2.64. The van der Waals surface area contributed by atoms with Crippen molar-refractivity contribution < 1.29 is 9.84 Å². The average Bonchev–Trinajstić information content (AvgIpc) is 3.18. The Balaban J connectivity index is 1.31. The molecule has 0 radical (unpaired) electrons. The van der Waals surface area contributed by atoms with E-state index in [0.29, 0.717) is 5.75 Å². The molecule has 1 N–H and O–H groups in total. The Morgan fingerprint density at radius 3 is 2.00 bits per heavy atom. The number of fused-ring (bicyclic) bond motifs is 7. The molecule has 0 aromatic heterocycles. The van der Waals surface area contributed by atoms with Crippen LogP contribution in [0, 0.1) is 28.6 Å². The molecule has 43 heavy (non-hydrogen) atoms. The lowest BCUT2D eigenvalue weighted by Gasteiger charge is -2.57. The highest BCUT2D eigenvalue weighted by Gasteiger charge is 2.55. The Labute approximate surface area is 258 Å². The SMILES string of the molecule is CC1(C)CC(C)(C)CC2(C1)c1ccccc1-c1c2cc(O)c2cc(C34CC5CC(CC(C5)C3)C4)c(N3CCOCC3)cc12. The van der Waals surface area contributed by atoms with E-state index in [4.69, 9.17) is 4.74 Å². The molecular formula is C40H49NO2. The molecular weight excluding hydrogens is 526 g/mol. The molecule has 3 heteroatoms. The summed E-state index contributed by atoms with van der Waals surface area (Å²) < 4.78 is 5.87. The fraction of sp³-hybridized carbons (Fsp3) is 0.600. The van der Waals surface area contributed by atoms with Crippen LogP contribution in [0.2, 0.25) is 0 Å². The Hall–Kier alpha value is -2.52. The summed E-state index contributed by atoms with van der Waals surface area (Å²) in [5, 5.41) is 14.4. The van der Waals surface area contributed by atoms with Gasteiger partial charge >= 0.3 is 0 Å². The molecule has 7 aliphatic rings. The first-order valence-corrected chi connectivity index (χ1v) is 17.3. The quantitative estimate of drug-likeness (QED) is 0.330. The zero-order valence-corrected chi connectivity index (χ0v) is 26.8. The molecule has 1 aliphatic heterocycles. The molecule has 6 fully saturated rings. The maximum absolute atomic E-state index is 12.1. The zero-order chi connectivity index (χ0) is 29.4. The molecule has 0 atom stereocenters. The molecule has 0 unspecified atom stereocenters. The van der Waals surface area contributed by atoms with Crippen LogP contribution in [0.4, 0.5) is 5.69 Å². The van der Waals surface area contributed by atoms with Crippen LogP contribution in [-0.4, -0.2) is 31.4 Å². The number of anilines is 1. The van der Waals surface area contributed by atoms with E-state index in [9.17, 15) is 5.11 Å². The van der Waals surface area contributed by atoms with Crippen molar-refractivity contribution in [2.45, 2.75) is 96.3 Å². The van der Waals surface area contributed by atoms with E-state index in [0.717, 1.165) is 62.3 Å². The summed E-state index contributed by atoms with van der Waals surface area (Å²) in [6.45, 7) is 13.4. The van der Waals surface area contributed by atoms with Gasteiger partial charge in [0.1, 0.15) is 5.75 Å². The summed E-state index contributed by atoms with van der Waals surface area (Å²) in [5.74, 6) is 3.15. The predicted molar refractivity (Wildman–Crippen MR) is 176 cm³/mol. The van der Waals surface area contributed by atoms with Crippen LogP contribution in [0.3, 0.4) is 0 Å². The molecule has 1 spiro atoms. The molecule has 4 bridgehead atoms. The topological polar surface area (TPSA) is 32.7 Å². The number of morpholine rings is 1. The molecule has 3 aromatic rings. The minimum atomic E-state index is -0.0689. The Morgan fingerprint density at radius 1 is 0.721 bits per heavy atom. The van der Waals surface area contributed by atoms with Crippen LogP contribution in [0.15, 0.2) is 42.5 Å². The van der Waals surface area contributed by atoms with E-state index in [-0.39, 0.29) is 21.7 Å². The van der Waals surface area contributed by atoms with E-state index in [1.54, 1.807) is 0 Å². The molecule has 3 nitrogen and oxygen atoms in total. The number of hydrogen-bond donors (Lipinski definition) is 1. The van der Waals surface area contributed by atoms with Gasteiger partial charge in [0.05, 0.1) is 13.2 Å². The minimum Gasteiger partial charge on any atom is -0.507 e. The van der Waals surface area contributed by atoms with E-state index in [1.165, 1.54) is 83.8 Å². The van der Waals surface area contributed by atoms with Gasteiger partial charge in [-0.1, -0.05) is 52.0 Å². The van der Waals surface area contributed by atoms with Crippen molar-refractivity contribution in [2.24, 2.45) is 28.6 Å². The van der Waals surface area contributed by atoms with Crippen molar-refractivity contribution in [1.82, 2.24) is 0 Å². The normalized spacial score (nSPS) is 32.7. The highest BCUT2D eigenvalue weighted by Crippen LogP contribution is 2.66. The van der Waals surface area contributed by atoms with Crippen LogP contribution >= 0.6 is 0 Å². The van der Waals surface area contributed by atoms with Gasteiger partial charge in [0, 0.05) is 29.6 Å². The first kappa shape index (κ1) is 26.8. The average molecular weight is 576 g/mol. The first-order chi connectivity index (χ1) is 20.5. The third kappa shape index (κ3) is 3.88. The van der Waals surface area contributed by atoms with Gasteiger partial charge in [0.15, 0.2) is 0 Å². The fourth-order valence-electron chi connectivity index (χ4n) is 12.8. The predicted octanol–water partition coefficient (Wildman–Crippen LogP) is 9.35. The number of aromatic hydroxyl groups is 1. The fourth-order valence-corrected chi connectivity index (χ4v) is 12.8. The van der Waals surface area contributed by atoms with E-state index < -0.39 is 0 Å². The molecule has 0 amide bonds. The highest BCUT2D eigenvalue weighted by atomic mass is 16.5.